The Labute approximate surface area is 188 Å². The molecule has 1 aromatic carbocycles. The summed E-state index contributed by atoms with van der Waals surface area (Å²) in [5, 5.41) is 10.8. The summed E-state index contributed by atoms with van der Waals surface area (Å²) in [4.78, 5) is 50.5. The predicted octanol–water partition coefficient (Wildman–Crippen LogP) is 1.16. The minimum Gasteiger partial charge on any atom is -0.504 e. The monoisotopic (exact) mass is 461 g/mol. The third-order valence-corrected chi connectivity index (χ3v) is 5.63. The van der Waals surface area contributed by atoms with Gasteiger partial charge in [0.25, 0.3) is 5.91 Å². The summed E-state index contributed by atoms with van der Waals surface area (Å²) in [5.74, 6) is -2.63. The molecule has 0 aromatic heterocycles. The van der Waals surface area contributed by atoms with E-state index >= 15 is 0 Å². The van der Waals surface area contributed by atoms with Gasteiger partial charge in [-0.15, -0.1) is 0 Å². The van der Waals surface area contributed by atoms with Crippen molar-refractivity contribution in [1.29, 1.82) is 0 Å². The van der Waals surface area contributed by atoms with Gasteiger partial charge in [0.2, 0.25) is 12.5 Å². The number of benzene rings is 1. The lowest BCUT2D eigenvalue weighted by molar-refractivity contribution is -0.183. The van der Waals surface area contributed by atoms with E-state index in [9.17, 15) is 24.3 Å². The van der Waals surface area contributed by atoms with Gasteiger partial charge in [0.15, 0.2) is 29.8 Å². The van der Waals surface area contributed by atoms with E-state index in [4.69, 9.17) is 23.7 Å². The molecular formula is C22H23NO10. The van der Waals surface area contributed by atoms with Gasteiger partial charge in [-0.2, -0.15) is 0 Å². The van der Waals surface area contributed by atoms with Gasteiger partial charge in [0.05, 0.1) is 11.6 Å². The van der Waals surface area contributed by atoms with Gasteiger partial charge < -0.3 is 33.7 Å². The average molecular weight is 461 g/mol. The number of carbonyl (C=O) groups is 4. The molecular weight excluding hydrogens is 438 g/mol. The van der Waals surface area contributed by atoms with E-state index in [1.54, 1.807) is 13.0 Å². The summed E-state index contributed by atoms with van der Waals surface area (Å²) >= 11 is 0. The quantitative estimate of drug-likeness (QED) is 0.513. The van der Waals surface area contributed by atoms with E-state index in [1.807, 2.05) is 0 Å². The molecule has 1 aromatic rings. The van der Waals surface area contributed by atoms with Crippen LogP contribution in [0.1, 0.15) is 43.6 Å². The summed E-state index contributed by atoms with van der Waals surface area (Å²) in [7, 11) is 0. The Morgan fingerprint density at radius 3 is 2.30 bits per heavy atom. The number of phenols is 1. The smallest absolute Gasteiger partial charge is 0.303 e. The Kier molecular flexibility index (Phi) is 5.64. The van der Waals surface area contributed by atoms with Crippen molar-refractivity contribution in [2.24, 2.45) is 0 Å². The van der Waals surface area contributed by atoms with Crippen molar-refractivity contribution in [3.05, 3.63) is 23.3 Å². The van der Waals surface area contributed by atoms with Gasteiger partial charge >= 0.3 is 17.9 Å². The molecule has 3 aliphatic rings. The summed E-state index contributed by atoms with van der Waals surface area (Å²) in [6.45, 7) is 5.32. The molecule has 1 N–H and O–H groups in total. The zero-order chi connectivity index (χ0) is 24.0. The molecule has 0 fully saturated rings. The third-order valence-electron chi connectivity index (χ3n) is 5.63. The van der Waals surface area contributed by atoms with Crippen LogP contribution in [-0.4, -0.2) is 71.5 Å². The summed E-state index contributed by atoms with van der Waals surface area (Å²) < 4.78 is 27.0. The van der Waals surface area contributed by atoms with Crippen molar-refractivity contribution in [2.75, 3.05) is 13.3 Å². The van der Waals surface area contributed by atoms with E-state index in [0.717, 1.165) is 0 Å². The Morgan fingerprint density at radius 1 is 1.06 bits per heavy atom. The fraction of sp³-hybridized carbons (Fsp3) is 0.455. The SMILES string of the molecule is CCN1C(=O)c2c(cc3c(c2O)OCO3)C2=C[C@H](OC(C)=O)[C@@H](OC(C)=O)[C@@H](OC(C)=O)[C@@H]21. The van der Waals surface area contributed by atoms with Crippen LogP contribution in [0.2, 0.25) is 0 Å². The maximum atomic E-state index is 13.5. The van der Waals surface area contributed by atoms with Crippen molar-refractivity contribution in [3.63, 3.8) is 0 Å². The van der Waals surface area contributed by atoms with Crippen LogP contribution in [-0.2, 0) is 28.6 Å². The first-order chi connectivity index (χ1) is 15.6. The normalized spacial score (nSPS) is 24.9. The van der Waals surface area contributed by atoms with Crippen molar-refractivity contribution in [3.8, 4) is 17.2 Å². The van der Waals surface area contributed by atoms with Crippen molar-refractivity contribution in [1.82, 2.24) is 4.90 Å². The average Bonchev–Trinajstić information content (AvgIpc) is 3.19. The Hall–Kier alpha value is -3.76. The number of carbonyl (C=O) groups excluding carboxylic acids is 4. The Morgan fingerprint density at radius 2 is 1.70 bits per heavy atom. The highest BCUT2D eigenvalue weighted by Gasteiger charge is 2.53. The topological polar surface area (TPSA) is 138 Å². The van der Waals surface area contributed by atoms with Gasteiger partial charge in [-0.1, -0.05) is 0 Å². The lowest BCUT2D eigenvalue weighted by Gasteiger charge is -2.47. The molecule has 176 valence electrons. The van der Waals surface area contributed by atoms with Crippen molar-refractivity contribution in [2.45, 2.75) is 52.0 Å². The van der Waals surface area contributed by atoms with Crippen LogP contribution in [0.5, 0.6) is 17.2 Å². The van der Waals surface area contributed by atoms with Gasteiger partial charge in [-0.25, -0.2) is 0 Å². The van der Waals surface area contributed by atoms with Crippen LogP contribution in [0.15, 0.2) is 12.1 Å². The fourth-order valence-electron chi connectivity index (χ4n) is 4.53. The molecule has 4 rings (SSSR count). The number of phenolic OH excluding ortho intramolecular Hbond substituents is 1. The first kappa shape index (κ1) is 22.4. The zero-order valence-corrected chi connectivity index (χ0v) is 18.4. The number of rotatable bonds is 4. The first-order valence-corrected chi connectivity index (χ1v) is 10.3. The van der Waals surface area contributed by atoms with Gasteiger partial charge in [0.1, 0.15) is 0 Å². The van der Waals surface area contributed by atoms with Crippen LogP contribution in [0.4, 0.5) is 0 Å². The molecule has 0 spiro atoms. The van der Waals surface area contributed by atoms with Crippen LogP contribution in [0.25, 0.3) is 5.57 Å². The van der Waals surface area contributed by atoms with Crippen LogP contribution in [0, 0.1) is 0 Å². The number of esters is 3. The summed E-state index contributed by atoms with van der Waals surface area (Å²) in [6.07, 6.45) is -1.96. The lowest BCUT2D eigenvalue weighted by atomic mass is 9.77. The van der Waals surface area contributed by atoms with Crippen molar-refractivity contribution < 1.29 is 48.0 Å². The molecule has 2 aliphatic heterocycles. The molecule has 0 radical (unpaired) electrons. The van der Waals surface area contributed by atoms with Crippen LogP contribution < -0.4 is 9.47 Å². The molecule has 2 heterocycles. The van der Waals surface area contributed by atoms with Gasteiger partial charge in [-0.3, -0.25) is 19.2 Å². The Bertz CT molecular complexity index is 1080. The highest BCUT2D eigenvalue weighted by atomic mass is 16.7. The number of fused-ring (bicyclic) bond motifs is 4. The first-order valence-electron chi connectivity index (χ1n) is 10.3. The number of ether oxygens (including phenoxy) is 5. The standard InChI is InChI=1S/C22H23NO10/c1-5-23-17-13(12-6-14-19(30-8-29-14)18(27)16(12)22(23)28)7-15(31-9(2)24)20(32-10(3)25)21(17)33-11(4)26/h6-7,15,17,20-21,27H,5,8H2,1-4H3/t15-,17+,20+,21-/m0/s1. The maximum Gasteiger partial charge on any atom is 0.303 e. The largest absolute Gasteiger partial charge is 0.504 e. The van der Waals surface area contributed by atoms with E-state index in [-0.39, 0.29) is 36.1 Å². The molecule has 11 heteroatoms. The molecule has 1 amide bonds. The summed E-state index contributed by atoms with van der Waals surface area (Å²) in [6, 6.07) is 0.665. The molecule has 4 atom stereocenters. The number of aromatic hydroxyl groups is 1. The van der Waals surface area contributed by atoms with E-state index in [1.165, 1.54) is 31.7 Å². The van der Waals surface area contributed by atoms with Gasteiger partial charge in [-0.05, 0) is 24.6 Å². The molecule has 0 unspecified atom stereocenters. The van der Waals surface area contributed by atoms with Crippen molar-refractivity contribution >= 4 is 29.4 Å². The maximum absolute atomic E-state index is 13.5. The number of hydrogen-bond donors (Lipinski definition) is 1. The molecule has 0 saturated heterocycles. The Balaban J connectivity index is 1.97. The second-order valence-electron chi connectivity index (χ2n) is 7.76. The second kappa shape index (κ2) is 8.30. The van der Waals surface area contributed by atoms with E-state index in [2.05, 4.69) is 0 Å². The second-order valence-corrected chi connectivity index (χ2v) is 7.76. The predicted molar refractivity (Wildman–Crippen MR) is 109 cm³/mol. The highest BCUT2D eigenvalue weighted by molar-refractivity contribution is 6.07. The number of hydrogen-bond acceptors (Lipinski definition) is 10. The summed E-state index contributed by atoms with van der Waals surface area (Å²) in [5.41, 5.74) is 0.741. The molecule has 0 bridgehead atoms. The molecule has 1 aliphatic carbocycles. The molecule has 33 heavy (non-hydrogen) atoms. The van der Waals surface area contributed by atoms with Crippen LogP contribution >= 0.6 is 0 Å². The minimum atomic E-state index is -1.20. The molecule has 11 nitrogen and oxygen atoms in total. The number of likely N-dealkylation sites (N-methyl/N-ethyl adjacent to an activating group) is 1. The van der Waals surface area contributed by atoms with E-state index in [0.29, 0.717) is 11.1 Å². The lowest BCUT2D eigenvalue weighted by Crippen LogP contribution is -2.61. The van der Waals surface area contributed by atoms with Crippen LogP contribution in [0.3, 0.4) is 0 Å². The van der Waals surface area contributed by atoms with Gasteiger partial charge in [0, 0.05) is 32.9 Å². The minimum absolute atomic E-state index is 0.0160. The third kappa shape index (κ3) is 3.73. The fourth-order valence-corrected chi connectivity index (χ4v) is 4.53. The number of amides is 1. The van der Waals surface area contributed by atoms with E-state index < -0.39 is 48.2 Å². The highest BCUT2D eigenvalue weighted by Crippen LogP contribution is 2.51. The zero-order valence-electron chi connectivity index (χ0n) is 18.4. The number of nitrogens with zero attached hydrogens (tertiary/aromatic N) is 1. The molecule has 0 saturated carbocycles.